The second kappa shape index (κ2) is 8.38. The molecule has 1 fully saturated rings. The molecule has 1 N–H and O–H groups in total. The third-order valence-electron chi connectivity index (χ3n) is 4.13. The molecule has 1 aromatic rings. The summed E-state index contributed by atoms with van der Waals surface area (Å²) in [6, 6.07) is 5.18. The Kier molecular flexibility index (Phi) is 6.49. The quantitative estimate of drug-likeness (QED) is 0.885. The van der Waals surface area contributed by atoms with Crippen molar-refractivity contribution in [2.75, 3.05) is 20.2 Å². The molecule has 0 spiro atoms. The maximum atomic E-state index is 12.7. The van der Waals surface area contributed by atoms with Gasteiger partial charge in [0.25, 0.3) is 5.91 Å². The van der Waals surface area contributed by atoms with Gasteiger partial charge in [0.2, 0.25) is 5.91 Å². The van der Waals surface area contributed by atoms with E-state index in [4.69, 9.17) is 16.3 Å². The maximum absolute atomic E-state index is 12.7. The molecule has 0 aliphatic carbocycles. The number of nitrogens with zero attached hydrogens (tertiary/aromatic N) is 1. The molecule has 6 heteroatoms. The largest absolute Gasteiger partial charge is 0.496 e. The van der Waals surface area contributed by atoms with E-state index in [-0.39, 0.29) is 17.9 Å². The van der Waals surface area contributed by atoms with Gasteiger partial charge in [0.15, 0.2) is 0 Å². The number of benzene rings is 1. The van der Waals surface area contributed by atoms with Crippen molar-refractivity contribution in [3.63, 3.8) is 0 Å². The molecule has 1 aliphatic rings. The van der Waals surface area contributed by atoms with Crippen LogP contribution in [0.25, 0.3) is 0 Å². The first kappa shape index (κ1) is 18.6. The minimum absolute atomic E-state index is 0.0821. The highest BCUT2D eigenvalue weighted by atomic mass is 35.5. The number of rotatable bonds is 5. The van der Waals surface area contributed by atoms with E-state index in [1.807, 2.05) is 13.8 Å². The summed E-state index contributed by atoms with van der Waals surface area (Å²) in [5.41, 5.74) is 0.479. The molecule has 0 saturated carbocycles. The van der Waals surface area contributed by atoms with Crippen molar-refractivity contribution < 1.29 is 14.3 Å². The van der Waals surface area contributed by atoms with Crippen LogP contribution in [0.2, 0.25) is 5.02 Å². The van der Waals surface area contributed by atoms with Crippen molar-refractivity contribution in [1.29, 1.82) is 0 Å². The number of amides is 2. The van der Waals surface area contributed by atoms with Crippen LogP contribution in [0.5, 0.6) is 5.75 Å². The van der Waals surface area contributed by atoms with Crippen molar-refractivity contribution in [2.24, 2.45) is 5.92 Å². The first-order valence-electron chi connectivity index (χ1n) is 8.33. The summed E-state index contributed by atoms with van der Waals surface area (Å²) in [6.07, 6.45) is 2.07. The molecule has 24 heavy (non-hydrogen) atoms. The van der Waals surface area contributed by atoms with E-state index in [9.17, 15) is 9.59 Å². The standard InChI is InChI=1S/C18H25ClN2O3/c1-12(2)10-17(22)20-14-6-8-21(9-7-14)18(23)15-11-13(19)4-5-16(15)24-3/h4-5,11-12,14H,6-10H2,1-3H3,(H,20,22). The van der Waals surface area contributed by atoms with Crippen molar-refractivity contribution in [2.45, 2.75) is 39.2 Å². The summed E-state index contributed by atoms with van der Waals surface area (Å²) in [5, 5.41) is 3.57. The minimum atomic E-state index is -0.0821. The van der Waals surface area contributed by atoms with Crippen molar-refractivity contribution in [1.82, 2.24) is 10.2 Å². The molecule has 132 valence electrons. The number of likely N-dealkylation sites (tertiary alicyclic amines) is 1. The molecule has 2 rings (SSSR count). The second-order valence-corrected chi connectivity index (χ2v) is 7.01. The van der Waals surface area contributed by atoms with E-state index in [0.717, 1.165) is 12.8 Å². The van der Waals surface area contributed by atoms with Gasteiger partial charge in [0.05, 0.1) is 12.7 Å². The van der Waals surface area contributed by atoms with Crippen LogP contribution in [-0.2, 0) is 4.79 Å². The number of hydrogen-bond acceptors (Lipinski definition) is 3. The Hall–Kier alpha value is -1.75. The first-order valence-corrected chi connectivity index (χ1v) is 8.70. The maximum Gasteiger partial charge on any atom is 0.257 e. The average molecular weight is 353 g/mol. The molecular formula is C18H25ClN2O3. The molecule has 0 unspecified atom stereocenters. The Morgan fingerprint density at radius 2 is 2.00 bits per heavy atom. The monoisotopic (exact) mass is 352 g/mol. The van der Waals surface area contributed by atoms with E-state index < -0.39 is 0 Å². The molecule has 0 bridgehead atoms. The lowest BCUT2D eigenvalue weighted by Crippen LogP contribution is -2.46. The summed E-state index contributed by atoms with van der Waals surface area (Å²) < 4.78 is 5.26. The van der Waals surface area contributed by atoms with E-state index in [0.29, 0.717) is 41.8 Å². The van der Waals surface area contributed by atoms with Gasteiger partial charge in [-0.05, 0) is 37.0 Å². The number of methoxy groups -OCH3 is 1. The lowest BCUT2D eigenvalue weighted by molar-refractivity contribution is -0.122. The zero-order chi connectivity index (χ0) is 17.7. The van der Waals surface area contributed by atoms with Crippen LogP contribution in [0.3, 0.4) is 0 Å². The third-order valence-corrected chi connectivity index (χ3v) is 4.37. The Balaban J connectivity index is 1.93. The molecule has 5 nitrogen and oxygen atoms in total. The van der Waals surface area contributed by atoms with Gasteiger partial charge in [-0.1, -0.05) is 25.4 Å². The number of nitrogens with one attached hydrogen (secondary N) is 1. The van der Waals surface area contributed by atoms with Gasteiger partial charge >= 0.3 is 0 Å². The number of ether oxygens (including phenoxy) is 1. The van der Waals surface area contributed by atoms with Gasteiger partial charge < -0.3 is 15.0 Å². The molecular weight excluding hydrogens is 328 g/mol. The zero-order valence-electron chi connectivity index (χ0n) is 14.5. The molecule has 1 aromatic carbocycles. The Morgan fingerprint density at radius 3 is 2.58 bits per heavy atom. The van der Waals surface area contributed by atoms with Crippen LogP contribution in [-0.4, -0.2) is 43.0 Å². The van der Waals surface area contributed by atoms with Crippen molar-refractivity contribution >= 4 is 23.4 Å². The van der Waals surface area contributed by atoms with Gasteiger partial charge in [0, 0.05) is 30.6 Å². The number of carbonyl (C=O) groups is 2. The van der Waals surface area contributed by atoms with E-state index in [1.165, 1.54) is 7.11 Å². The van der Waals surface area contributed by atoms with Crippen LogP contribution in [0, 0.1) is 5.92 Å². The van der Waals surface area contributed by atoms with Crippen molar-refractivity contribution in [3.8, 4) is 5.75 Å². The highest BCUT2D eigenvalue weighted by molar-refractivity contribution is 6.31. The topological polar surface area (TPSA) is 58.6 Å². The average Bonchev–Trinajstić information content (AvgIpc) is 2.54. The zero-order valence-corrected chi connectivity index (χ0v) is 15.2. The van der Waals surface area contributed by atoms with Crippen LogP contribution in [0.4, 0.5) is 0 Å². The number of carbonyl (C=O) groups excluding carboxylic acids is 2. The van der Waals surface area contributed by atoms with Gasteiger partial charge in [-0.2, -0.15) is 0 Å². The summed E-state index contributed by atoms with van der Waals surface area (Å²) in [7, 11) is 1.54. The van der Waals surface area contributed by atoms with Gasteiger partial charge in [0.1, 0.15) is 5.75 Å². The fourth-order valence-corrected chi connectivity index (χ4v) is 3.07. The lowest BCUT2D eigenvalue weighted by atomic mass is 10.0. The van der Waals surface area contributed by atoms with E-state index in [1.54, 1.807) is 23.1 Å². The van der Waals surface area contributed by atoms with Gasteiger partial charge in [-0.15, -0.1) is 0 Å². The predicted molar refractivity (Wildman–Crippen MR) is 94.5 cm³/mol. The predicted octanol–water partition coefficient (Wildman–Crippen LogP) is 3.12. The second-order valence-electron chi connectivity index (χ2n) is 6.58. The Labute approximate surface area is 148 Å². The number of hydrogen-bond donors (Lipinski definition) is 1. The molecule has 0 radical (unpaired) electrons. The molecule has 0 aromatic heterocycles. The van der Waals surface area contributed by atoms with Gasteiger partial charge in [-0.25, -0.2) is 0 Å². The van der Waals surface area contributed by atoms with E-state index in [2.05, 4.69) is 5.32 Å². The molecule has 1 aliphatic heterocycles. The third kappa shape index (κ3) is 4.87. The summed E-state index contributed by atoms with van der Waals surface area (Å²) in [6.45, 7) is 5.28. The molecule has 0 atom stereocenters. The summed E-state index contributed by atoms with van der Waals surface area (Å²) in [5.74, 6) is 0.881. The highest BCUT2D eigenvalue weighted by Crippen LogP contribution is 2.25. The van der Waals surface area contributed by atoms with E-state index >= 15 is 0 Å². The fraction of sp³-hybridized carbons (Fsp3) is 0.556. The molecule has 1 heterocycles. The van der Waals surface area contributed by atoms with Crippen LogP contribution < -0.4 is 10.1 Å². The fourth-order valence-electron chi connectivity index (χ4n) is 2.90. The Morgan fingerprint density at radius 1 is 1.33 bits per heavy atom. The SMILES string of the molecule is COc1ccc(Cl)cc1C(=O)N1CCC(NC(=O)CC(C)C)CC1. The van der Waals surface area contributed by atoms with Crippen LogP contribution >= 0.6 is 11.6 Å². The van der Waals surface area contributed by atoms with Gasteiger partial charge in [-0.3, -0.25) is 9.59 Å². The summed E-state index contributed by atoms with van der Waals surface area (Å²) in [4.78, 5) is 26.4. The lowest BCUT2D eigenvalue weighted by Gasteiger charge is -2.33. The smallest absolute Gasteiger partial charge is 0.257 e. The van der Waals surface area contributed by atoms with Crippen molar-refractivity contribution in [3.05, 3.63) is 28.8 Å². The highest BCUT2D eigenvalue weighted by Gasteiger charge is 2.26. The van der Waals surface area contributed by atoms with Crippen LogP contribution in [0.15, 0.2) is 18.2 Å². The number of halogens is 1. The normalized spacial score (nSPS) is 15.5. The first-order chi connectivity index (χ1) is 11.4. The molecule has 1 saturated heterocycles. The summed E-state index contributed by atoms with van der Waals surface area (Å²) >= 11 is 6.00. The minimum Gasteiger partial charge on any atom is -0.496 e. The Bertz CT molecular complexity index is 596. The van der Waals surface area contributed by atoms with Crippen LogP contribution in [0.1, 0.15) is 43.5 Å². The molecule has 2 amide bonds. The number of piperidine rings is 1.